The zero-order valence-corrected chi connectivity index (χ0v) is 14.0. The summed E-state index contributed by atoms with van der Waals surface area (Å²) in [5.41, 5.74) is 3.04. The van der Waals surface area contributed by atoms with E-state index in [0.29, 0.717) is 27.4 Å². The molecule has 0 amide bonds. The van der Waals surface area contributed by atoms with Gasteiger partial charge in [0.1, 0.15) is 0 Å². The van der Waals surface area contributed by atoms with E-state index in [0.717, 1.165) is 11.3 Å². The second-order valence-electron chi connectivity index (χ2n) is 6.13. The van der Waals surface area contributed by atoms with Gasteiger partial charge in [0.25, 0.3) is 0 Å². The molecule has 26 heavy (non-hydrogen) atoms. The third-order valence-electron chi connectivity index (χ3n) is 4.45. The number of para-hydroxylation sites is 1. The van der Waals surface area contributed by atoms with Gasteiger partial charge in [0.2, 0.25) is 0 Å². The average molecular weight is 342 g/mol. The number of aryl methyl sites for hydroxylation is 1. The molecule has 0 saturated carbocycles. The molecule has 0 N–H and O–H groups in total. The Balaban J connectivity index is 1.97. The number of rotatable bonds is 2. The lowest BCUT2D eigenvalue weighted by atomic mass is 10.0. The molecule has 1 nitrogen and oxygen atoms in total. The van der Waals surface area contributed by atoms with Gasteiger partial charge >= 0.3 is 0 Å². The fourth-order valence-corrected chi connectivity index (χ4v) is 3.31. The van der Waals surface area contributed by atoms with Crippen LogP contribution >= 0.6 is 0 Å². The van der Waals surface area contributed by atoms with Gasteiger partial charge in [0, 0.05) is 16.5 Å². The lowest BCUT2D eigenvalue weighted by Gasteiger charge is -2.09. The maximum absolute atomic E-state index is 8.63. The Bertz CT molecular complexity index is 1670. The van der Waals surface area contributed by atoms with Gasteiger partial charge in [-0.05, 0) is 53.9 Å². The molecule has 0 aliphatic carbocycles. The smallest absolute Gasteiger partial charge is 0.0645 e. The molecule has 1 heteroatoms. The minimum Gasteiger partial charge on any atom is -0.309 e. The third kappa shape index (κ3) is 2.33. The molecule has 0 spiro atoms. The topological polar surface area (TPSA) is 4.93 Å². The highest BCUT2D eigenvalue weighted by Gasteiger charge is 2.12. The molecule has 1 aromatic heterocycles. The monoisotopic (exact) mass is 342 g/mol. The van der Waals surface area contributed by atoms with E-state index in [-0.39, 0.29) is 41.8 Å². The number of benzene rings is 4. The Hall–Kier alpha value is -3.32. The van der Waals surface area contributed by atoms with Crippen molar-refractivity contribution in [1.29, 1.82) is 0 Å². The molecule has 0 aliphatic heterocycles. The number of aromatic nitrogens is 1. The molecule has 0 aliphatic rings. The van der Waals surface area contributed by atoms with Crippen molar-refractivity contribution < 1.29 is 12.3 Å². The van der Waals surface area contributed by atoms with E-state index in [1.165, 1.54) is 0 Å². The molecular weight excluding hydrogens is 314 g/mol. The number of hydrogen-bond donors (Lipinski definition) is 0. The first-order chi connectivity index (χ1) is 16.5. The Morgan fingerprint density at radius 3 is 2.35 bits per heavy atom. The predicted octanol–water partition coefficient (Wildman–Crippen LogP) is 6.76. The van der Waals surface area contributed by atoms with Crippen LogP contribution in [0.2, 0.25) is 0 Å². The quantitative estimate of drug-likeness (QED) is 0.334. The first-order valence-electron chi connectivity index (χ1n) is 12.7. The van der Waals surface area contributed by atoms with E-state index in [1.54, 1.807) is 22.8 Å². The number of nitrogens with zero attached hydrogens (tertiary/aromatic N) is 1. The summed E-state index contributed by atoms with van der Waals surface area (Å²) < 4.78 is 76.1. The SMILES string of the molecule is [2H]c1c([2H])c([2H])c(-c2ccc3c(c2)c2c([2H])c([2H])c([2H])c([2H])c2n3-c2cccc(C)c2)c([2H])c1[2H]. The molecule has 0 saturated heterocycles. The maximum atomic E-state index is 8.63. The van der Waals surface area contributed by atoms with Crippen LogP contribution in [-0.4, -0.2) is 4.57 Å². The van der Waals surface area contributed by atoms with Crippen LogP contribution in [0.25, 0.3) is 38.6 Å². The Labute approximate surface area is 165 Å². The normalized spacial score (nSPS) is 16.1. The van der Waals surface area contributed by atoms with Crippen LogP contribution in [0.4, 0.5) is 0 Å². The van der Waals surface area contributed by atoms with Gasteiger partial charge < -0.3 is 4.57 Å². The second-order valence-corrected chi connectivity index (χ2v) is 6.13. The highest BCUT2D eigenvalue weighted by molar-refractivity contribution is 6.10. The Kier molecular flexibility index (Phi) is 1.90. The van der Waals surface area contributed by atoms with Gasteiger partial charge in [-0.25, -0.2) is 0 Å². The third-order valence-corrected chi connectivity index (χ3v) is 4.45. The second kappa shape index (κ2) is 5.89. The van der Waals surface area contributed by atoms with Crippen LogP contribution in [0.5, 0.6) is 0 Å². The van der Waals surface area contributed by atoms with Gasteiger partial charge in [-0.2, -0.15) is 0 Å². The maximum Gasteiger partial charge on any atom is 0.0645 e. The fourth-order valence-electron chi connectivity index (χ4n) is 3.31. The summed E-state index contributed by atoms with van der Waals surface area (Å²) >= 11 is 0. The van der Waals surface area contributed by atoms with Crippen LogP contribution in [0.3, 0.4) is 0 Å². The van der Waals surface area contributed by atoms with Gasteiger partial charge in [-0.1, -0.05) is 66.5 Å². The lowest BCUT2D eigenvalue weighted by molar-refractivity contribution is 1.17. The van der Waals surface area contributed by atoms with Gasteiger partial charge in [0.15, 0.2) is 0 Å². The summed E-state index contributed by atoms with van der Waals surface area (Å²) in [6, 6.07) is 9.49. The zero-order chi connectivity index (χ0) is 25.3. The zero-order valence-electron chi connectivity index (χ0n) is 23.0. The summed E-state index contributed by atoms with van der Waals surface area (Å²) in [5, 5.41) is 0.805. The molecule has 5 aromatic rings. The highest BCUT2D eigenvalue weighted by atomic mass is 15.0. The fraction of sp³-hybridized carbons (Fsp3) is 0.0400. The largest absolute Gasteiger partial charge is 0.309 e. The van der Waals surface area contributed by atoms with Crippen molar-refractivity contribution in [2.75, 3.05) is 0 Å². The van der Waals surface area contributed by atoms with E-state index in [1.807, 2.05) is 31.2 Å². The lowest BCUT2D eigenvalue weighted by Crippen LogP contribution is -1.93. The van der Waals surface area contributed by atoms with Crippen LogP contribution in [0.15, 0.2) is 96.8 Å². The Morgan fingerprint density at radius 2 is 1.50 bits per heavy atom. The van der Waals surface area contributed by atoms with Crippen molar-refractivity contribution in [3.8, 4) is 16.8 Å². The van der Waals surface area contributed by atoms with Gasteiger partial charge in [-0.15, -0.1) is 0 Å². The molecule has 0 radical (unpaired) electrons. The van der Waals surface area contributed by atoms with E-state index in [4.69, 9.17) is 12.3 Å². The summed E-state index contributed by atoms with van der Waals surface area (Å²) in [7, 11) is 0. The minimum atomic E-state index is -0.477. The summed E-state index contributed by atoms with van der Waals surface area (Å²) in [5.74, 6) is 0. The summed E-state index contributed by atoms with van der Waals surface area (Å²) in [6.07, 6.45) is 0. The van der Waals surface area contributed by atoms with Crippen molar-refractivity contribution in [3.63, 3.8) is 0 Å². The molecule has 0 atom stereocenters. The van der Waals surface area contributed by atoms with Crippen LogP contribution in [-0.2, 0) is 0 Å². The molecule has 0 bridgehead atoms. The summed E-state index contributed by atoms with van der Waals surface area (Å²) in [6.45, 7) is 1.93. The van der Waals surface area contributed by atoms with Crippen molar-refractivity contribution in [2.24, 2.45) is 0 Å². The van der Waals surface area contributed by atoms with E-state index in [2.05, 4.69) is 0 Å². The van der Waals surface area contributed by atoms with Crippen LogP contribution in [0, 0.1) is 6.92 Å². The predicted molar refractivity (Wildman–Crippen MR) is 111 cm³/mol. The Morgan fingerprint density at radius 1 is 0.692 bits per heavy atom. The number of fused-ring (bicyclic) bond motifs is 3. The van der Waals surface area contributed by atoms with Crippen molar-refractivity contribution in [1.82, 2.24) is 4.57 Å². The van der Waals surface area contributed by atoms with E-state index in [9.17, 15) is 0 Å². The first-order valence-corrected chi connectivity index (χ1v) is 8.23. The molecule has 1 heterocycles. The average Bonchev–Trinajstić information content (AvgIpc) is 3.18. The van der Waals surface area contributed by atoms with E-state index >= 15 is 0 Å². The molecular formula is C25H19N. The first kappa shape index (κ1) is 8.37. The van der Waals surface area contributed by atoms with Crippen LogP contribution < -0.4 is 0 Å². The van der Waals surface area contributed by atoms with Crippen molar-refractivity contribution in [3.05, 3.63) is 102 Å². The van der Waals surface area contributed by atoms with Crippen molar-refractivity contribution in [2.45, 2.75) is 6.92 Å². The molecule has 5 rings (SSSR count). The van der Waals surface area contributed by atoms with Gasteiger partial charge in [0.05, 0.1) is 23.4 Å². The highest BCUT2D eigenvalue weighted by Crippen LogP contribution is 2.34. The van der Waals surface area contributed by atoms with Gasteiger partial charge in [-0.3, -0.25) is 0 Å². The van der Waals surface area contributed by atoms with Crippen molar-refractivity contribution >= 4 is 21.8 Å². The van der Waals surface area contributed by atoms with Crippen LogP contribution in [0.1, 0.15) is 17.9 Å². The number of hydrogen-bond acceptors (Lipinski definition) is 0. The molecule has 0 fully saturated rings. The molecule has 0 unspecified atom stereocenters. The molecule has 124 valence electrons. The standard InChI is InChI=1S/C25H19N/c1-18-8-7-11-21(16-18)26-24-13-6-5-12-22(24)23-17-20(14-15-25(23)26)19-9-3-2-4-10-19/h2-17H,1H3/i2D,3D,4D,5D,6D,9D,10D,12D,13D. The minimum absolute atomic E-state index is 0.0372. The molecule has 4 aromatic carbocycles. The summed E-state index contributed by atoms with van der Waals surface area (Å²) in [4.78, 5) is 0. The van der Waals surface area contributed by atoms with E-state index < -0.39 is 18.1 Å².